The zero-order valence-electron chi connectivity index (χ0n) is 24.0. The summed E-state index contributed by atoms with van der Waals surface area (Å²) in [7, 11) is -0.940. The molecular formula is C31H34F3N3O5S. The van der Waals surface area contributed by atoms with Crippen molar-refractivity contribution in [2.45, 2.75) is 11.1 Å². The van der Waals surface area contributed by atoms with Crippen molar-refractivity contribution in [1.82, 2.24) is 14.1 Å². The monoisotopic (exact) mass is 617 g/mol. The summed E-state index contributed by atoms with van der Waals surface area (Å²) in [4.78, 5) is 16.8. The molecule has 4 rings (SSSR count). The molecule has 0 bridgehead atoms. The van der Waals surface area contributed by atoms with Crippen LogP contribution in [0.1, 0.15) is 21.5 Å². The van der Waals surface area contributed by atoms with Gasteiger partial charge in [-0.1, -0.05) is 36.4 Å². The molecule has 1 fully saturated rings. The minimum atomic E-state index is -4.64. The Morgan fingerprint density at radius 1 is 0.930 bits per heavy atom. The maximum absolute atomic E-state index is 13.5. The van der Waals surface area contributed by atoms with E-state index in [4.69, 9.17) is 9.47 Å². The van der Waals surface area contributed by atoms with Crippen LogP contribution in [0.15, 0.2) is 83.8 Å². The molecule has 0 unspecified atom stereocenters. The molecule has 3 aromatic carbocycles. The number of halogens is 3. The number of nitrogens with zero attached hydrogens (tertiary/aromatic N) is 3. The van der Waals surface area contributed by atoms with Crippen molar-refractivity contribution >= 4 is 22.0 Å². The highest BCUT2D eigenvalue weighted by atomic mass is 32.2. The SMILES string of the molecule is COc1ccc(C(=O)N(C/C=C/c2ccccc2OC)CCN2CCN(S(=O)(=O)c3cccc(C(F)(F)F)c3)CC2)cc1. The number of hydrogen-bond donors (Lipinski definition) is 0. The molecule has 43 heavy (non-hydrogen) atoms. The highest BCUT2D eigenvalue weighted by Crippen LogP contribution is 2.31. The van der Waals surface area contributed by atoms with E-state index in [2.05, 4.69) is 0 Å². The summed E-state index contributed by atoms with van der Waals surface area (Å²) in [5, 5.41) is 0. The molecule has 1 saturated heterocycles. The van der Waals surface area contributed by atoms with Crippen molar-refractivity contribution in [2.75, 3.05) is 60.0 Å². The number of piperazine rings is 1. The molecule has 12 heteroatoms. The minimum absolute atomic E-state index is 0.124. The number of alkyl halides is 3. The van der Waals surface area contributed by atoms with Crippen molar-refractivity contribution in [2.24, 2.45) is 0 Å². The smallest absolute Gasteiger partial charge is 0.416 e. The van der Waals surface area contributed by atoms with Gasteiger partial charge in [0.15, 0.2) is 0 Å². The van der Waals surface area contributed by atoms with E-state index in [0.29, 0.717) is 55.9 Å². The molecule has 1 heterocycles. The second kappa shape index (κ2) is 14.1. The Morgan fingerprint density at radius 3 is 2.28 bits per heavy atom. The molecule has 1 amide bonds. The zero-order valence-corrected chi connectivity index (χ0v) is 24.8. The van der Waals surface area contributed by atoms with Crippen LogP contribution in [0.4, 0.5) is 13.2 Å². The number of hydrogen-bond acceptors (Lipinski definition) is 6. The number of methoxy groups -OCH3 is 2. The van der Waals surface area contributed by atoms with Crippen molar-refractivity contribution in [3.05, 3.63) is 95.6 Å². The molecule has 230 valence electrons. The van der Waals surface area contributed by atoms with E-state index in [-0.39, 0.29) is 23.9 Å². The number of carbonyl (C=O) groups excluding carboxylic acids is 1. The van der Waals surface area contributed by atoms with Gasteiger partial charge in [0.2, 0.25) is 10.0 Å². The summed E-state index contributed by atoms with van der Waals surface area (Å²) in [6.07, 6.45) is -0.856. The van der Waals surface area contributed by atoms with Gasteiger partial charge in [-0.2, -0.15) is 17.5 Å². The lowest BCUT2D eigenvalue weighted by molar-refractivity contribution is -0.137. The molecule has 1 aliphatic heterocycles. The topological polar surface area (TPSA) is 79.4 Å². The fraction of sp³-hybridized carbons (Fsp3) is 0.323. The van der Waals surface area contributed by atoms with Crippen molar-refractivity contribution < 1.29 is 35.9 Å². The highest BCUT2D eigenvalue weighted by Gasteiger charge is 2.34. The van der Waals surface area contributed by atoms with E-state index in [0.717, 1.165) is 17.7 Å². The van der Waals surface area contributed by atoms with E-state index in [9.17, 15) is 26.4 Å². The van der Waals surface area contributed by atoms with Crippen LogP contribution in [-0.4, -0.2) is 88.5 Å². The normalized spacial score (nSPS) is 15.0. The number of ether oxygens (including phenoxy) is 2. The summed E-state index contributed by atoms with van der Waals surface area (Å²) in [5.41, 5.74) is 0.372. The first kappa shape index (κ1) is 32.1. The maximum atomic E-state index is 13.5. The van der Waals surface area contributed by atoms with E-state index in [1.807, 2.05) is 41.3 Å². The van der Waals surface area contributed by atoms with Gasteiger partial charge in [0.25, 0.3) is 5.91 Å². The van der Waals surface area contributed by atoms with Gasteiger partial charge in [-0.25, -0.2) is 8.42 Å². The van der Waals surface area contributed by atoms with E-state index < -0.39 is 21.8 Å². The zero-order chi connectivity index (χ0) is 31.0. The van der Waals surface area contributed by atoms with Gasteiger partial charge >= 0.3 is 6.18 Å². The van der Waals surface area contributed by atoms with Gasteiger partial charge in [0.05, 0.1) is 24.7 Å². The highest BCUT2D eigenvalue weighted by molar-refractivity contribution is 7.89. The van der Waals surface area contributed by atoms with Crippen LogP contribution >= 0.6 is 0 Å². The van der Waals surface area contributed by atoms with Crippen LogP contribution < -0.4 is 9.47 Å². The number of carbonyl (C=O) groups is 1. The quantitative estimate of drug-likeness (QED) is 0.305. The summed E-state index contributed by atoms with van der Waals surface area (Å²) in [5.74, 6) is 1.18. The fourth-order valence-corrected chi connectivity index (χ4v) is 6.21. The standard InChI is InChI=1S/C31H34F3N3O5S/c1-41-27-14-12-25(13-15-27)30(38)36(16-6-8-24-7-3-4-11-29(24)42-2)20-17-35-18-21-37(22-19-35)43(39,40)28-10-5-9-26(23-28)31(32,33)34/h3-15,23H,16-22H2,1-2H3/b8-6+. The summed E-state index contributed by atoms with van der Waals surface area (Å²) in [6.45, 7) is 2.19. The van der Waals surface area contributed by atoms with Gasteiger partial charge in [-0.3, -0.25) is 9.69 Å². The molecule has 0 saturated carbocycles. The Hall–Kier alpha value is -3.87. The molecular weight excluding hydrogens is 583 g/mol. The van der Waals surface area contributed by atoms with E-state index in [1.165, 1.54) is 10.4 Å². The first-order valence-electron chi connectivity index (χ1n) is 13.7. The molecule has 0 aromatic heterocycles. The van der Waals surface area contributed by atoms with Crippen LogP contribution in [0.2, 0.25) is 0 Å². The van der Waals surface area contributed by atoms with Crippen LogP contribution in [0.25, 0.3) is 6.08 Å². The fourth-order valence-electron chi connectivity index (χ4n) is 4.74. The Kier molecular flexibility index (Phi) is 10.5. The first-order valence-corrected chi connectivity index (χ1v) is 15.1. The second-order valence-electron chi connectivity index (χ2n) is 9.90. The van der Waals surface area contributed by atoms with Crippen molar-refractivity contribution in [3.8, 4) is 11.5 Å². The first-order chi connectivity index (χ1) is 20.5. The Balaban J connectivity index is 1.41. The average molecular weight is 618 g/mol. The molecule has 0 N–H and O–H groups in total. The Morgan fingerprint density at radius 2 is 1.63 bits per heavy atom. The number of para-hydroxylation sites is 1. The number of amides is 1. The van der Waals surface area contributed by atoms with Crippen LogP contribution in [0.5, 0.6) is 11.5 Å². The third-order valence-electron chi connectivity index (χ3n) is 7.20. The molecule has 0 spiro atoms. The summed E-state index contributed by atoms with van der Waals surface area (Å²) in [6, 6.07) is 18.2. The second-order valence-corrected chi connectivity index (χ2v) is 11.8. The lowest BCUT2D eigenvalue weighted by Gasteiger charge is -2.35. The average Bonchev–Trinajstić information content (AvgIpc) is 3.02. The molecule has 3 aromatic rings. The van der Waals surface area contributed by atoms with Crippen molar-refractivity contribution in [3.63, 3.8) is 0 Å². The number of rotatable bonds is 11. The third kappa shape index (κ3) is 8.15. The van der Waals surface area contributed by atoms with Gasteiger partial charge in [-0.05, 0) is 48.5 Å². The molecule has 8 nitrogen and oxygen atoms in total. The summed E-state index contributed by atoms with van der Waals surface area (Å²) >= 11 is 0. The van der Waals surface area contributed by atoms with Crippen LogP contribution in [-0.2, 0) is 16.2 Å². The van der Waals surface area contributed by atoms with Gasteiger partial charge in [0, 0.05) is 56.9 Å². The Labute approximate surface area is 250 Å². The van der Waals surface area contributed by atoms with Gasteiger partial charge < -0.3 is 14.4 Å². The largest absolute Gasteiger partial charge is 0.497 e. The van der Waals surface area contributed by atoms with Crippen molar-refractivity contribution in [1.29, 1.82) is 0 Å². The molecule has 1 aliphatic rings. The van der Waals surface area contributed by atoms with E-state index in [1.54, 1.807) is 43.4 Å². The van der Waals surface area contributed by atoms with E-state index >= 15 is 0 Å². The van der Waals surface area contributed by atoms with Crippen LogP contribution in [0, 0.1) is 0 Å². The number of benzene rings is 3. The lowest BCUT2D eigenvalue weighted by Crippen LogP contribution is -2.50. The number of sulfonamides is 1. The minimum Gasteiger partial charge on any atom is -0.497 e. The van der Waals surface area contributed by atoms with Crippen LogP contribution in [0.3, 0.4) is 0 Å². The predicted octanol–water partition coefficient (Wildman–Crippen LogP) is 4.88. The molecule has 0 aliphatic carbocycles. The predicted molar refractivity (Wildman–Crippen MR) is 158 cm³/mol. The van der Waals surface area contributed by atoms with Gasteiger partial charge in [0.1, 0.15) is 11.5 Å². The summed E-state index contributed by atoms with van der Waals surface area (Å²) < 4.78 is 77.4. The lowest BCUT2D eigenvalue weighted by atomic mass is 10.1. The Bertz CT molecular complexity index is 1520. The molecule has 0 radical (unpaired) electrons. The third-order valence-corrected chi connectivity index (χ3v) is 9.10. The van der Waals surface area contributed by atoms with Gasteiger partial charge in [-0.15, -0.1) is 0 Å². The maximum Gasteiger partial charge on any atom is 0.416 e. The molecule has 0 atom stereocenters.